The molecule has 1 aromatic rings. The summed E-state index contributed by atoms with van der Waals surface area (Å²) in [5.74, 6) is -1.27. The van der Waals surface area contributed by atoms with Gasteiger partial charge in [0.2, 0.25) is 5.70 Å². The smallest absolute Gasteiger partial charge is 0.452 e. The third-order valence-corrected chi connectivity index (χ3v) is 2.90. The number of rotatable bonds is 5. The number of ether oxygens (including phenoxy) is 2. The number of carbonyl (C=O) groups is 2. The number of hydrogen-bond acceptors (Lipinski definition) is 6. The van der Waals surface area contributed by atoms with Crippen LogP contribution in [0.1, 0.15) is 33.3 Å². The maximum absolute atomic E-state index is 12.0. The summed E-state index contributed by atoms with van der Waals surface area (Å²) < 4.78 is 9.80. The summed E-state index contributed by atoms with van der Waals surface area (Å²) in [6.45, 7) is 6.69. The van der Waals surface area contributed by atoms with Gasteiger partial charge in [0, 0.05) is 11.4 Å². The van der Waals surface area contributed by atoms with Crippen molar-refractivity contribution in [1.82, 2.24) is 0 Å². The monoisotopic (exact) mass is 368 g/mol. The van der Waals surface area contributed by atoms with E-state index in [1.165, 1.54) is 0 Å². The molecule has 136 valence electrons. The molecule has 0 saturated carbocycles. The molecule has 1 aromatic carbocycles. The minimum absolute atomic E-state index is 0.00133. The molecule has 0 atom stereocenters. The number of amides is 1. The Morgan fingerprint density at radius 3 is 2.28 bits per heavy atom. The molecule has 0 aliphatic heterocycles. The van der Waals surface area contributed by atoms with Crippen LogP contribution in [-0.2, 0) is 20.7 Å². The van der Waals surface area contributed by atoms with Gasteiger partial charge >= 0.3 is 12.1 Å². The fourth-order valence-electron chi connectivity index (χ4n) is 1.67. The molecule has 0 aromatic heterocycles. The van der Waals surface area contributed by atoms with Crippen molar-refractivity contribution in [3.05, 3.63) is 46.3 Å². The van der Waals surface area contributed by atoms with E-state index in [9.17, 15) is 14.7 Å². The summed E-state index contributed by atoms with van der Waals surface area (Å²) in [7, 11) is 0. The van der Waals surface area contributed by atoms with Crippen LogP contribution in [0.5, 0.6) is 0 Å². The van der Waals surface area contributed by atoms with Crippen molar-refractivity contribution < 1.29 is 24.2 Å². The van der Waals surface area contributed by atoms with Crippen LogP contribution in [-0.4, -0.2) is 29.4 Å². The first-order chi connectivity index (χ1) is 11.6. The van der Waals surface area contributed by atoms with Crippen LogP contribution in [0.25, 0.3) is 0 Å². The molecule has 1 rings (SSSR count). The highest BCUT2D eigenvalue weighted by atomic mass is 35.5. The Labute approximate surface area is 151 Å². The van der Waals surface area contributed by atoms with E-state index in [0.29, 0.717) is 10.6 Å². The van der Waals surface area contributed by atoms with E-state index in [1.807, 2.05) is 0 Å². The molecular formula is C17H21ClN2O5. The van der Waals surface area contributed by atoms with Crippen molar-refractivity contribution in [3.63, 3.8) is 0 Å². The highest BCUT2D eigenvalue weighted by Gasteiger charge is 2.20. The first-order valence-electron chi connectivity index (χ1n) is 7.60. The molecule has 0 aliphatic rings. The summed E-state index contributed by atoms with van der Waals surface area (Å²) >= 11 is 5.81. The second kappa shape index (κ2) is 9.17. The minimum Gasteiger partial charge on any atom is -0.509 e. The molecule has 0 aliphatic carbocycles. The molecule has 8 heteroatoms. The summed E-state index contributed by atoms with van der Waals surface area (Å²) in [6, 6.07) is 6.67. The van der Waals surface area contributed by atoms with Crippen molar-refractivity contribution in [2.75, 3.05) is 6.61 Å². The first kappa shape index (κ1) is 20.6. The fraction of sp³-hybridized carbons (Fsp3) is 0.412. The zero-order valence-corrected chi connectivity index (χ0v) is 15.3. The van der Waals surface area contributed by atoms with Gasteiger partial charge in [0.25, 0.3) is 0 Å². The third-order valence-electron chi connectivity index (χ3n) is 2.65. The number of aliphatic hydroxyl groups excluding tert-OH is 1. The highest BCUT2D eigenvalue weighted by molar-refractivity contribution is 6.30. The number of benzene rings is 1. The molecule has 0 heterocycles. The van der Waals surface area contributed by atoms with Gasteiger partial charge in [-0.15, -0.1) is 5.11 Å². The van der Waals surface area contributed by atoms with Gasteiger partial charge in [0.05, 0.1) is 6.61 Å². The zero-order chi connectivity index (χ0) is 19.0. The maximum atomic E-state index is 12.0. The number of carbonyl (C=O) groups excluding carboxylic acids is 2. The number of aliphatic hydroxyl groups is 1. The number of azo groups is 1. The molecule has 0 radical (unpaired) electrons. The van der Waals surface area contributed by atoms with Crippen LogP contribution >= 0.6 is 11.6 Å². The number of esters is 1. The molecule has 0 spiro atoms. The number of hydrogen-bond donors (Lipinski definition) is 1. The lowest BCUT2D eigenvalue weighted by Crippen LogP contribution is -2.21. The van der Waals surface area contributed by atoms with Crippen LogP contribution in [0.2, 0.25) is 5.02 Å². The van der Waals surface area contributed by atoms with Crippen LogP contribution in [0.4, 0.5) is 4.79 Å². The van der Waals surface area contributed by atoms with Gasteiger partial charge in [0.1, 0.15) is 11.4 Å². The van der Waals surface area contributed by atoms with Gasteiger partial charge in [-0.1, -0.05) is 28.8 Å². The number of halogens is 1. The average Bonchev–Trinajstić information content (AvgIpc) is 2.48. The quantitative estimate of drug-likeness (QED) is 0.354. The SMILES string of the molecule is CCOC(=O)C(N=NC(=O)OC(C)(C)C)=C(O)Cc1ccc(Cl)cc1. The van der Waals surface area contributed by atoms with E-state index in [4.69, 9.17) is 21.1 Å². The topological polar surface area (TPSA) is 97.6 Å². The highest BCUT2D eigenvalue weighted by Crippen LogP contribution is 2.16. The predicted octanol–water partition coefficient (Wildman–Crippen LogP) is 4.60. The van der Waals surface area contributed by atoms with Crippen LogP contribution in [0, 0.1) is 0 Å². The number of allylic oxidation sites excluding steroid dienone is 1. The van der Waals surface area contributed by atoms with Crippen molar-refractivity contribution in [3.8, 4) is 0 Å². The van der Waals surface area contributed by atoms with Gasteiger partial charge in [-0.2, -0.15) is 0 Å². The summed E-state index contributed by atoms with van der Waals surface area (Å²) in [4.78, 5) is 23.6. The van der Waals surface area contributed by atoms with E-state index in [-0.39, 0.29) is 18.8 Å². The van der Waals surface area contributed by atoms with Crippen molar-refractivity contribution >= 4 is 23.7 Å². The predicted molar refractivity (Wildman–Crippen MR) is 92.5 cm³/mol. The summed E-state index contributed by atoms with van der Waals surface area (Å²) in [5, 5.41) is 17.6. The largest absolute Gasteiger partial charge is 0.509 e. The van der Waals surface area contributed by atoms with Crippen LogP contribution in [0.3, 0.4) is 0 Å². The Kier molecular flexibility index (Phi) is 7.57. The normalized spacial score (nSPS) is 12.7. The standard InChI is InChI=1S/C17H21ClN2O5/c1-5-24-15(22)14(19-20-16(23)25-17(2,3)4)13(21)10-11-6-8-12(18)9-7-11/h6-9,21H,5,10H2,1-4H3. The molecule has 7 nitrogen and oxygen atoms in total. The summed E-state index contributed by atoms with van der Waals surface area (Å²) in [5.41, 5.74) is -0.520. The second-order valence-electron chi connectivity index (χ2n) is 6.00. The van der Waals surface area contributed by atoms with Gasteiger partial charge in [0.15, 0.2) is 0 Å². The Hall–Kier alpha value is -2.41. The molecule has 1 N–H and O–H groups in total. The van der Waals surface area contributed by atoms with E-state index in [2.05, 4.69) is 10.2 Å². The minimum atomic E-state index is -0.978. The molecule has 1 amide bonds. The number of nitrogens with zero attached hydrogens (tertiary/aromatic N) is 2. The van der Waals surface area contributed by atoms with E-state index < -0.39 is 23.4 Å². The lowest BCUT2D eigenvalue weighted by atomic mass is 10.1. The van der Waals surface area contributed by atoms with Gasteiger partial charge < -0.3 is 14.6 Å². The molecule has 0 unspecified atom stereocenters. The second-order valence-corrected chi connectivity index (χ2v) is 6.44. The van der Waals surface area contributed by atoms with Gasteiger partial charge in [-0.25, -0.2) is 9.59 Å². The molecule has 25 heavy (non-hydrogen) atoms. The zero-order valence-electron chi connectivity index (χ0n) is 14.6. The van der Waals surface area contributed by atoms with Crippen LogP contribution < -0.4 is 0 Å². The van der Waals surface area contributed by atoms with Crippen molar-refractivity contribution in [1.29, 1.82) is 0 Å². The van der Waals surface area contributed by atoms with Crippen molar-refractivity contribution in [2.24, 2.45) is 10.2 Å². The van der Waals surface area contributed by atoms with Gasteiger partial charge in [-0.05, 0) is 45.4 Å². The third kappa shape index (κ3) is 7.80. The van der Waals surface area contributed by atoms with Crippen LogP contribution in [0.15, 0.2) is 46.0 Å². The van der Waals surface area contributed by atoms with Crippen molar-refractivity contribution in [2.45, 2.75) is 39.7 Å². The Morgan fingerprint density at radius 2 is 1.76 bits per heavy atom. The molecule has 0 saturated heterocycles. The molecular weight excluding hydrogens is 348 g/mol. The molecule has 0 bridgehead atoms. The summed E-state index contributed by atoms with van der Waals surface area (Å²) in [6.07, 6.45) is -0.979. The lowest BCUT2D eigenvalue weighted by molar-refractivity contribution is -0.138. The van der Waals surface area contributed by atoms with Gasteiger partial charge in [-0.3, -0.25) is 0 Å². The Morgan fingerprint density at radius 1 is 1.16 bits per heavy atom. The Bertz CT molecular complexity index is 675. The lowest BCUT2D eigenvalue weighted by Gasteiger charge is -2.16. The van der Waals surface area contributed by atoms with E-state index in [0.717, 1.165) is 0 Å². The molecule has 0 fully saturated rings. The first-order valence-corrected chi connectivity index (χ1v) is 7.98. The maximum Gasteiger partial charge on any atom is 0.452 e. The fourth-order valence-corrected chi connectivity index (χ4v) is 1.79. The van der Waals surface area contributed by atoms with E-state index >= 15 is 0 Å². The van der Waals surface area contributed by atoms with E-state index in [1.54, 1.807) is 52.0 Å². The average molecular weight is 369 g/mol. The Balaban J connectivity index is 3.03.